The van der Waals surface area contributed by atoms with E-state index >= 15 is 0 Å². The van der Waals surface area contributed by atoms with E-state index in [1.165, 1.54) is 22.7 Å². The average Bonchev–Trinajstić information content (AvgIpc) is 3.36. The molecule has 0 radical (unpaired) electrons. The summed E-state index contributed by atoms with van der Waals surface area (Å²) in [5, 5.41) is 0. The Labute approximate surface area is 246 Å². The van der Waals surface area contributed by atoms with Crippen LogP contribution in [0.25, 0.3) is 0 Å². The zero-order chi connectivity index (χ0) is 26.0. The van der Waals surface area contributed by atoms with Crippen LogP contribution < -0.4 is 19.6 Å². The number of hydrogen-bond donors (Lipinski definition) is 0. The van der Waals surface area contributed by atoms with Crippen LogP contribution in [0.3, 0.4) is 0 Å². The summed E-state index contributed by atoms with van der Waals surface area (Å²) in [7, 11) is 4.05. The molecule has 0 unspecified atom stereocenters. The third-order valence-corrected chi connectivity index (χ3v) is 10.9. The molecule has 2 heterocycles. The molecular formula is C32H45N4OsP-3. The van der Waals surface area contributed by atoms with Gasteiger partial charge >= 0.3 is 19.8 Å². The van der Waals surface area contributed by atoms with Crippen LogP contribution in [0.15, 0.2) is 66.7 Å². The Kier molecular flexibility index (Phi) is 11.7. The first-order valence-corrected chi connectivity index (χ1v) is 14.7. The van der Waals surface area contributed by atoms with E-state index in [0.717, 1.165) is 28.4 Å². The van der Waals surface area contributed by atoms with Gasteiger partial charge in [-0.25, -0.2) is 0 Å². The fourth-order valence-corrected chi connectivity index (χ4v) is 9.64. The first-order chi connectivity index (χ1) is 17.2. The van der Waals surface area contributed by atoms with Crippen molar-refractivity contribution >= 4 is 42.0 Å². The molecule has 2 aliphatic rings. The summed E-state index contributed by atoms with van der Waals surface area (Å²) in [6.45, 7) is 18.4. The van der Waals surface area contributed by atoms with Gasteiger partial charge in [-0.2, -0.15) is 19.4 Å². The van der Waals surface area contributed by atoms with E-state index in [9.17, 15) is 0 Å². The molecule has 4 nitrogen and oxygen atoms in total. The van der Waals surface area contributed by atoms with Crippen LogP contribution in [-0.4, -0.2) is 31.1 Å². The molecule has 38 heavy (non-hydrogen) atoms. The van der Waals surface area contributed by atoms with Gasteiger partial charge in [-0.05, 0) is 79.9 Å². The normalized spacial score (nSPS) is 13.9. The molecule has 0 spiro atoms. The van der Waals surface area contributed by atoms with E-state index in [0.29, 0.717) is 0 Å². The van der Waals surface area contributed by atoms with E-state index in [1.54, 1.807) is 0 Å². The molecule has 0 aliphatic carbocycles. The molecule has 209 valence electrons. The second kappa shape index (κ2) is 13.8. The Morgan fingerprint density at radius 2 is 0.921 bits per heavy atom. The van der Waals surface area contributed by atoms with Crippen molar-refractivity contribution in [2.24, 2.45) is 0 Å². The molecule has 3 aromatic rings. The van der Waals surface area contributed by atoms with Crippen molar-refractivity contribution in [2.45, 2.75) is 58.5 Å². The fraction of sp³-hybridized carbons (Fsp3) is 0.344. The van der Waals surface area contributed by atoms with Crippen molar-refractivity contribution in [3.05, 3.63) is 93.6 Å². The minimum absolute atomic E-state index is 0. The molecule has 0 N–H and O–H groups in total. The van der Waals surface area contributed by atoms with Crippen molar-refractivity contribution in [3.63, 3.8) is 0 Å². The van der Waals surface area contributed by atoms with Crippen LogP contribution in [-0.2, 0) is 19.8 Å². The molecule has 0 bridgehead atoms. The number of fused-ring (bicyclic) bond motifs is 2. The topological polar surface area (TPSA) is 13.0 Å². The third kappa shape index (κ3) is 6.73. The Balaban J connectivity index is 0.000000367. The van der Waals surface area contributed by atoms with Gasteiger partial charge in [0.15, 0.2) is 0 Å². The predicted octanol–water partition coefficient (Wildman–Crippen LogP) is 8.51. The molecule has 0 saturated carbocycles. The van der Waals surface area contributed by atoms with Gasteiger partial charge in [0.25, 0.3) is 0 Å². The number of nitrogens with zero attached hydrogens (tertiary/aromatic N) is 4. The minimum atomic E-state index is -0.0957. The van der Waals surface area contributed by atoms with Crippen LogP contribution in [0.5, 0.6) is 0 Å². The summed E-state index contributed by atoms with van der Waals surface area (Å²) in [5.74, 6) is 0. The van der Waals surface area contributed by atoms with Crippen molar-refractivity contribution in [3.8, 4) is 0 Å². The van der Waals surface area contributed by atoms with Gasteiger partial charge in [0.2, 0.25) is 0 Å². The molecule has 0 amide bonds. The van der Waals surface area contributed by atoms with Crippen LogP contribution in [0.4, 0.5) is 34.1 Å². The molecule has 5 rings (SSSR count). The number of anilines is 6. The van der Waals surface area contributed by atoms with Crippen molar-refractivity contribution in [2.75, 3.05) is 33.7 Å². The molecule has 6 heteroatoms. The Morgan fingerprint density at radius 3 is 1.24 bits per heavy atom. The van der Waals surface area contributed by atoms with E-state index < -0.39 is 0 Å². The van der Waals surface area contributed by atoms with E-state index in [4.69, 9.17) is 0 Å². The van der Waals surface area contributed by atoms with Gasteiger partial charge in [0.1, 0.15) is 0 Å². The molecule has 0 saturated heterocycles. The molecule has 0 atom stereocenters. The molecule has 0 aromatic heterocycles. The van der Waals surface area contributed by atoms with Crippen LogP contribution in [0.1, 0.15) is 41.5 Å². The fourth-order valence-electron chi connectivity index (χ4n) is 5.64. The summed E-state index contributed by atoms with van der Waals surface area (Å²) < 4.78 is 0. The predicted molar refractivity (Wildman–Crippen MR) is 169 cm³/mol. The summed E-state index contributed by atoms with van der Waals surface area (Å²) in [4.78, 5) is 8.65. The quantitative estimate of drug-likeness (QED) is 0.195. The SMILES string of the molecule is CC(C)[PH+](C(C)C)C(C)C.CN1[CH-]N(c2[c-]c(N3[CH-]N(C)c4ccccc43)ccc2)c2ccccc21.[CH3-].[OsH]. The van der Waals surface area contributed by atoms with Crippen LogP contribution in [0, 0.1) is 26.8 Å². The third-order valence-electron chi connectivity index (χ3n) is 6.90. The molecule has 2 aliphatic heterocycles. The standard InChI is InChI=1S/C22H19N4.C9H21P.CH3.Os.H/c1-23-15-25(21-12-5-3-10-19(21)23)17-8-7-9-18(14-17)26-16-24(2)20-11-4-6-13-22(20)26;1-7(2)10(8(3)4)9(5)6;;;/h3-13,15-16H,1-2H3;7-9H,1-6H3;1H3;;/q-3;;-1;;/p+1. The average molecular weight is 707 g/mol. The summed E-state index contributed by atoms with van der Waals surface area (Å²) in [6.07, 6.45) is 0. The van der Waals surface area contributed by atoms with E-state index in [1.807, 2.05) is 0 Å². The van der Waals surface area contributed by atoms with Crippen LogP contribution in [0.2, 0.25) is 0 Å². The summed E-state index contributed by atoms with van der Waals surface area (Å²) in [5.41, 5.74) is 9.60. The van der Waals surface area contributed by atoms with Crippen molar-refractivity contribution in [1.82, 2.24) is 0 Å². The van der Waals surface area contributed by atoms with Gasteiger partial charge < -0.3 is 27.0 Å². The number of benzene rings is 3. The summed E-state index contributed by atoms with van der Waals surface area (Å²) in [6, 6.07) is 26.7. The van der Waals surface area contributed by atoms with Gasteiger partial charge in [-0.3, -0.25) is 0 Å². The molecule has 3 aromatic carbocycles. The van der Waals surface area contributed by atoms with Gasteiger partial charge in [-0.15, -0.1) is 29.6 Å². The van der Waals surface area contributed by atoms with Crippen LogP contribution >= 0.6 is 7.92 Å². The number of para-hydroxylation sites is 4. The van der Waals surface area contributed by atoms with Gasteiger partial charge in [-0.1, -0.05) is 24.3 Å². The summed E-state index contributed by atoms with van der Waals surface area (Å²) >= 11 is 0. The zero-order valence-electron chi connectivity index (χ0n) is 24.4. The van der Waals surface area contributed by atoms with E-state index in [-0.39, 0.29) is 35.1 Å². The second-order valence-electron chi connectivity index (χ2n) is 10.6. The van der Waals surface area contributed by atoms with Crippen molar-refractivity contribution < 1.29 is 19.8 Å². The Hall–Kier alpha value is -2.07. The monoisotopic (exact) mass is 708 g/mol. The molecule has 0 fully saturated rings. The first-order valence-electron chi connectivity index (χ1n) is 13.0. The first kappa shape index (κ1) is 32.1. The van der Waals surface area contributed by atoms with E-state index in [2.05, 4.69) is 161 Å². The Morgan fingerprint density at radius 1 is 0.579 bits per heavy atom. The van der Waals surface area contributed by atoms with Crippen molar-refractivity contribution in [1.29, 1.82) is 0 Å². The zero-order valence-corrected chi connectivity index (χ0v) is 28.1. The van der Waals surface area contributed by atoms with Gasteiger partial charge in [0, 0.05) is 30.7 Å². The molecular weight excluding hydrogens is 662 g/mol. The number of rotatable bonds is 5. The number of hydrogen-bond acceptors (Lipinski definition) is 4. The maximum absolute atomic E-state index is 3.59. The van der Waals surface area contributed by atoms with Gasteiger partial charge in [0.05, 0.1) is 17.0 Å². The second-order valence-corrected chi connectivity index (χ2v) is 15.0. The Bertz CT molecular complexity index is 1070. The maximum atomic E-state index is 3.59.